The molecule has 164 valence electrons. The number of piperidine rings is 1. The van der Waals surface area contributed by atoms with Crippen LogP contribution in [0.1, 0.15) is 18.4 Å². The fourth-order valence-electron chi connectivity index (χ4n) is 4.06. The van der Waals surface area contributed by atoms with Gasteiger partial charge in [-0.25, -0.2) is 0 Å². The van der Waals surface area contributed by atoms with Crippen molar-refractivity contribution in [1.82, 2.24) is 4.98 Å². The molecule has 3 aromatic rings. The second-order valence-corrected chi connectivity index (χ2v) is 8.08. The third-order valence-electron chi connectivity index (χ3n) is 5.72. The number of methoxy groups -OCH3 is 2. The van der Waals surface area contributed by atoms with Crippen molar-refractivity contribution < 1.29 is 14.3 Å². The second-order valence-electron chi connectivity index (χ2n) is 7.65. The number of hydrogen-bond donors (Lipinski definition) is 1. The Hall–Kier alpha value is -3.50. The third kappa shape index (κ3) is 4.41. The van der Waals surface area contributed by atoms with E-state index in [9.17, 15) is 10.1 Å². The molecule has 1 aromatic heterocycles. The van der Waals surface area contributed by atoms with Gasteiger partial charge in [0, 0.05) is 59.5 Å². The molecule has 2 heterocycles. The number of rotatable bonds is 5. The Bertz CT molecular complexity index is 1180. The smallest absolute Gasteiger partial charge is 0.227 e. The van der Waals surface area contributed by atoms with Crippen molar-refractivity contribution in [1.29, 1.82) is 5.26 Å². The zero-order chi connectivity index (χ0) is 22.7. The highest BCUT2D eigenvalue weighted by Gasteiger charge is 2.27. The van der Waals surface area contributed by atoms with Crippen LogP contribution in [0.25, 0.3) is 10.9 Å². The van der Waals surface area contributed by atoms with Crippen LogP contribution < -0.4 is 19.7 Å². The number of pyridine rings is 1. The van der Waals surface area contributed by atoms with Gasteiger partial charge in [-0.2, -0.15) is 5.26 Å². The molecular weight excluding hydrogens is 428 g/mol. The average molecular weight is 451 g/mol. The molecule has 7 nitrogen and oxygen atoms in total. The lowest BCUT2D eigenvalue weighted by Gasteiger charge is -2.34. The van der Waals surface area contributed by atoms with Gasteiger partial charge in [-0.1, -0.05) is 11.6 Å². The number of hydrogen-bond acceptors (Lipinski definition) is 6. The third-order valence-corrected chi connectivity index (χ3v) is 5.96. The molecule has 0 saturated carbocycles. The summed E-state index contributed by atoms with van der Waals surface area (Å²) in [6.45, 7) is 1.31. The molecule has 1 N–H and O–H groups in total. The van der Waals surface area contributed by atoms with E-state index in [1.807, 2.05) is 12.1 Å². The maximum atomic E-state index is 12.9. The molecule has 1 aliphatic rings. The lowest BCUT2D eigenvalue weighted by Crippen LogP contribution is -2.38. The van der Waals surface area contributed by atoms with Crippen molar-refractivity contribution in [2.75, 3.05) is 37.5 Å². The van der Waals surface area contributed by atoms with Crippen LogP contribution in [0.15, 0.2) is 42.6 Å². The fourth-order valence-corrected chi connectivity index (χ4v) is 4.23. The summed E-state index contributed by atoms with van der Waals surface area (Å²) >= 11 is 6.21. The monoisotopic (exact) mass is 450 g/mol. The van der Waals surface area contributed by atoms with Crippen molar-refractivity contribution in [2.45, 2.75) is 12.8 Å². The molecule has 8 heteroatoms. The van der Waals surface area contributed by atoms with Crippen LogP contribution in [0.4, 0.5) is 11.4 Å². The largest absolute Gasteiger partial charge is 0.497 e. The maximum Gasteiger partial charge on any atom is 0.227 e. The normalized spacial score (nSPS) is 14.1. The molecule has 2 aromatic carbocycles. The van der Waals surface area contributed by atoms with Crippen LogP contribution in [0.3, 0.4) is 0 Å². The molecular formula is C24H23ClN4O3. The summed E-state index contributed by atoms with van der Waals surface area (Å²) in [6.07, 6.45) is 2.94. The van der Waals surface area contributed by atoms with Crippen LogP contribution in [-0.4, -0.2) is 38.2 Å². The van der Waals surface area contributed by atoms with Crippen LogP contribution >= 0.6 is 11.6 Å². The zero-order valence-electron chi connectivity index (χ0n) is 17.9. The first-order valence-electron chi connectivity index (χ1n) is 10.3. The quantitative estimate of drug-likeness (QED) is 0.609. The highest BCUT2D eigenvalue weighted by atomic mass is 35.5. The number of ether oxygens (including phenoxy) is 2. The fraction of sp³-hybridized carbons (Fsp3) is 0.292. The molecule has 0 aliphatic carbocycles. The predicted molar refractivity (Wildman–Crippen MR) is 125 cm³/mol. The summed E-state index contributed by atoms with van der Waals surface area (Å²) < 4.78 is 10.5. The number of nitriles is 1. The predicted octanol–water partition coefficient (Wildman–Crippen LogP) is 4.63. The van der Waals surface area contributed by atoms with Gasteiger partial charge in [0.1, 0.15) is 17.6 Å². The first kappa shape index (κ1) is 21.7. The molecule has 1 amide bonds. The highest BCUT2D eigenvalue weighted by Crippen LogP contribution is 2.34. The van der Waals surface area contributed by atoms with Crippen molar-refractivity contribution in [2.24, 2.45) is 5.92 Å². The van der Waals surface area contributed by atoms with Gasteiger partial charge < -0.3 is 19.7 Å². The van der Waals surface area contributed by atoms with Crippen molar-refractivity contribution >= 4 is 39.8 Å². The Morgan fingerprint density at radius 3 is 2.47 bits per heavy atom. The molecule has 1 fully saturated rings. The molecule has 4 rings (SSSR count). The van der Waals surface area contributed by atoms with Gasteiger partial charge in [-0.05, 0) is 31.0 Å². The van der Waals surface area contributed by atoms with E-state index in [1.54, 1.807) is 44.7 Å². The van der Waals surface area contributed by atoms with E-state index in [2.05, 4.69) is 21.3 Å². The van der Waals surface area contributed by atoms with Gasteiger partial charge in [0.15, 0.2) is 0 Å². The van der Waals surface area contributed by atoms with Crippen LogP contribution in [0.2, 0.25) is 5.02 Å². The average Bonchev–Trinajstić information content (AvgIpc) is 2.82. The Morgan fingerprint density at radius 2 is 1.84 bits per heavy atom. The van der Waals surface area contributed by atoms with Gasteiger partial charge in [0.25, 0.3) is 0 Å². The summed E-state index contributed by atoms with van der Waals surface area (Å²) in [4.78, 5) is 19.4. The van der Waals surface area contributed by atoms with Crippen LogP contribution in [0.5, 0.6) is 11.5 Å². The minimum atomic E-state index is -0.134. The molecule has 1 saturated heterocycles. The number of aromatic nitrogens is 1. The summed E-state index contributed by atoms with van der Waals surface area (Å²) in [6, 6.07) is 13.0. The first-order valence-corrected chi connectivity index (χ1v) is 10.7. The number of anilines is 2. The molecule has 0 spiro atoms. The van der Waals surface area contributed by atoms with E-state index in [4.69, 9.17) is 21.1 Å². The molecule has 0 unspecified atom stereocenters. The van der Waals surface area contributed by atoms with Gasteiger partial charge in [-0.15, -0.1) is 0 Å². The van der Waals surface area contributed by atoms with Gasteiger partial charge in [0.2, 0.25) is 5.91 Å². The Kier molecular flexibility index (Phi) is 6.33. The molecule has 32 heavy (non-hydrogen) atoms. The van der Waals surface area contributed by atoms with E-state index in [0.717, 1.165) is 16.6 Å². The summed E-state index contributed by atoms with van der Waals surface area (Å²) in [5.41, 5.74) is 2.76. The zero-order valence-corrected chi connectivity index (χ0v) is 18.6. The van der Waals surface area contributed by atoms with E-state index < -0.39 is 0 Å². The second kappa shape index (κ2) is 9.33. The number of nitrogens with one attached hydrogen (secondary N) is 1. The van der Waals surface area contributed by atoms with Gasteiger partial charge in [-0.3, -0.25) is 9.78 Å². The van der Waals surface area contributed by atoms with Gasteiger partial charge in [0.05, 0.1) is 31.0 Å². The Balaban J connectivity index is 1.50. The van der Waals surface area contributed by atoms with Gasteiger partial charge >= 0.3 is 0 Å². The highest BCUT2D eigenvalue weighted by molar-refractivity contribution is 6.31. The summed E-state index contributed by atoms with van der Waals surface area (Å²) in [5.74, 6) is 1.05. The summed E-state index contributed by atoms with van der Waals surface area (Å²) in [5, 5.41) is 14.1. The number of halogens is 1. The van der Waals surface area contributed by atoms with Crippen molar-refractivity contribution in [3.8, 4) is 17.6 Å². The topological polar surface area (TPSA) is 87.5 Å². The minimum absolute atomic E-state index is 0.0388. The molecule has 0 atom stereocenters. The molecule has 0 radical (unpaired) electrons. The number of carbonyl (C=O) groups is 1. The molecule has 0 bridgehead atoms. The lowest BCUT2D eigenvalue weighted by molar-refractivity contribution is -0.120. The SMILES string of the molecule is COc1cc(NC(=O)C2CCN(c3c(C#N)cnc4ccc(Cl)cc34)CC2)cc(OC)c1. The van der Waals surface area contributed by atoms with Crippen LogP contribution in [-0.2, 0) is 4.79 Å². The van der Waals surface area contributed by atoms with Crippen molar-refractivity contribution in [3.05, 3.63) is 53.2 Å². The van der Waals surface area contributed by atoms with E-state index in [1.165, 1.54) is 0 Å². The minimum Gasteiger partial charge on any atom is -0.497 e. The number of fused-ring (bicyclic) bond motifs is 1. The number of carbonyl (C=O) groups excluding carboxylic acids is 1. The number of benzene rings is 2. The van der Waals surface area contributed by atoms with E-state index in [-0.39, 0.29) is 11.8 Å². The lowest BCUT2D eigenvalue weighted by atomic mass is 9.94. The van der Waals surface area contributed by atoms with Crippen LogP contribution in [0, 0.1) is 17.2 Å². The Labute approximate surface area is 191 Å². The molecule has 1 aliphatic heterocycles. The maximum absolute atomic E-state index is 12.9. The Morgan fingerprint density at radius 1 is 1.16 bits per heavy atom. The first-order chi connectivity index (χ1) is 15.5. The number of nitrogens with zero attached hydrogens (tertiary/aromatic N) is 3. The summed E-state index contributed by atoms with van der Waals surface area (Å²) in [7, 11) is 3.14. The van der Waals surface area contributed by atoms with E-state index >= 15 is 0 Å². The van der Waals surface area contributed by atoms with E-state index in [0.29, 0.717) is 53.7 Å². The standard InChI is InChI=1S/C24H23ClN4O3/c1-31-19-10-18(11-20(12-19)32-2)28-24(30)15-5-7-29(8-6-15)23-16(13-26)14-27-22-4-3-17(25)9-21(22)23/h3-4,9-12,14-15H,5-8H2,1-2H3,(H,28,30). The van der Waals surface area contributed by atoms with Crippen molar-refractivity contribution in [3.63, 3.8) is 0 Å². The number of amides is 1.